The topological polar surface area (TPSA) is 79.3 Å². The van der Waals surface area contributed by atoms with E-state index in [4.69, 9.17) is 11.1 Å². The zero-order valence-corrected chi connectivity index (χ0v) is 12.1. The van der Waals surface area contributed by atoms with Crippen LogP contribution in [0.5, 0.6) is 0 Å². The zero-order valence-electron chi connectivity index (χ0n) is 11.3. The fourth-order valence-electron chi connectivity index (χ4n) is 1.23. The van der Waals surface area contributed by atoms with Gasteiger partial charge in [-0.25, -0.2) is 0 Å². The molecule has 0 aliphatic carbocycles. The van der Waals surface area contributed by atoms with Gasteiger partial charge in [0.25, 0.3) is 0 Å². The Labute approximate surface area is 112 Å². The van der Waals surface area contributed by atoms with Crippen molar-refractivity contribution in [3.8, 4) is 0 Å². The van der Waals surface area contributed by atoms with Crippen LogP contribution in [0.2, 0.25) is 0 Å². The van der Waals surface area contributed by atoms with Crippen LogP contribution in [0.4, 0.5) is 0 Å². The lowest BCUT2D eigenvalue weighted by atomic mass is 10.0. The number of hydrogen-bond donors (Lipinski definition) is 2. The van der Waals surface area contributed by atoms with E-state index >= 15 is 0 Å². The molecule has 0 saturated carbocycles. The summed E-state index contributed by atoms with van der Waals surface area (Å²) in [5.74, 6) is 0.832. The maximum absolute atomic E-state index is 10.3. The molecule has 4 nitrogen and oxygen atoms in total. The number of nitrogens with zero attached hydrogens (tertiary/aromatic N) is 1. The van der Waals surface area contributed by atoms with Crippen LogP contribution < -0.4 is 5.73 Å². The fraction of sp³-hybridized carbons (Fsp3) is 0.462. The lowest BCUT2D eigenvalue weighted by molar-refractivity contribution is 0.692. The molecule has 100 valence electrons. The van der Waals surface area contributed by atoms with Crippen molar-refractivity contribution in [3.05, 3.63) is 35.4 Å². The standard InChI is InChI=1S/C9H11N3OS.C4H10/c1-6(12-14-13)7-4-2-3-5-8(7)9(10)11;1-4(2)3/h2-6H,1H3,(H3,10,11);4H,1-3H3/t6-;/m0./s1. The summed E-state index contributed by atoms with van der Waals surface area (Å²) >= 11 is 0.189. The summed E-state index contributed by atoms with van der Waals surface area (Å²) in [5.41, 5.74) is 6.85. The van der Waals surface area contributed by atoms with E-state index in [2.05, 4.69) is 25.1 Å². The Hall–Kier alpha value is -1.49. The molecule has 0 aromatic heterocycles. The smallest absolute Gasteiger partial charge is 0.200 e. The normalized spacial score (nSPS) is 11.2. The van der Waals surface area contributed by atoms with Gasteiger partial charge in [0, 0.05) is 5.56 Å². The maximum atomic E-state index is 10.3. The number of nitrogens with one attached hydrogen (secondary N) is 1. The van der Waals surface area contributed by atoms with Crippen molar-refractivity contribution in [2.24, 2.45) is 16.0 Å². The summed E-state index contributed by atoms with van der Waals surface area (Å²) in [6, 6.07) is 6.97. The quantitative estimate of drug-likeness (QED) is 0.652. The molecular formula is C13H21N3OS. The van der Waals surface area contributed by atoms with Gasteiger partial charge in [0.1, 0.15) is 5.84 Å². The van der Waals surface area contributed by atoms with Gasteiger partial charge in [-0.3, -0.25) is 5.41 Å². The molecule has 1 aromatic rings. The van der Waals surface area contributed by atoms with Crippen LogP contribution in [0.25, 0.3) is 0 Å². The molecule has 3 N–H and O–H groups in total. The summed E-state index contributed by atoms with van der Waals surface area (Å²) < 4.78 is 14.0. The van der Waals surface area contributed by atoms with Crippen LogP contribution in [0, 0.1) is 11.3 Å². The Morgan fingerprint density at radius 1 is 1.28 bits per heavy atom. The van der Waals surface area contributed by atoms with Gasteiger partial charge in [-0.15, -0.1) is 0 Å². The molecule has 18 heavy (non-hydrogen) atoms. The lowest BCUT2D eigenvalue weighted by Gasteiger charge is -2.09. The first kappa shape index (κ1) is 16.5. The third kappa shape index (κ3) is 6.30. The first-order chi connectivity index (χ1) is 8.40. The summed E-state index contributed by atoms with van der Waals surface area (Å²) in [5, 5.41) is 7.35. The van der Waals surface area contributed by atoms with Crippen LogP contribution in [0.1, 0.15) is 44.9 Å². The van der Waals surface area contributed by atoms with Crippen LogP contribution in [0.3, 0.4) is 0 Å². The van der Waals surface area contributed by atoms with Crippen molar-refractivity contribution in [2.75, 3.05) is 0 Å². The molecule has 0 fully saturated rings. The van der Waals surface area contributed by atoms with Crippen molar-refractivity contribution in [1.29, 1.82) is 5.41 Å². The van der Waals surface area contributed by atoms with E-state index in [-0.39, 0.29) is 23.3 Å². The minimum atomic E-state index is -0.238. The zero-order chi connectivity index (χ0) is 14.1. The third-order valence-electron chi connectivity index (χ3n) is 1.90. The molecule has 0 radical (unpaired) electrons. The second kappa shape index (κ2) is 8.58. The molecular weight excluding hydrogens is 246 g/mol. The van der Waals surface area contributed by atoms with E-state index in [1.54, 1.807) is 19.1 Å². The van der Waals surface area contributed by atoms with Gasteiger partial charge in [0.15, 0.2) is 11.5 Å². The van der Waals surface area contributed by atoms with Crippen LogP contribution in [0.15, 0.2) is 28.6 Å². The number of nitrogen functional groups attached to an aromatic ring is 1. The molecule has 0 unspecified atom stereocenters. The highest BCUT2D eigenvalue weighted by atomic mass is 32.1. The van der Waals surface area contributed by atoms with Gasteiger partial charge in [-0.1, -0.05) is 45.0 Å². The molecule has 0 spiro atoms. The molecule has 0 saturated heterocycles. The van der Waals surface area contributed by atoms with Crippen molar-refractivity contribution >= 4 is 17.3 Å². The second-order valence-corrected chi connectivity index (χ2v) is 4.95. The number of nitrogens with two attached hydrogens (primary N) is 1. The Balaban J connectivity index is 0.000000631. The van der Waals surface area contributed by atoms with Gasteiger partial charge >= 0.3 is 0 Å². The van der Waals surface area contributed by atoms with Crippen LogP contribution in [-0.2, 0) is 11.5 Å². The molecule has 1 rings (SSSR count). The van der Waals surface area contributed by atoms with Gasteiger partial charge in [0.2, 0.25) is 0 Å². The van der Waals surface area contributed by atoms with Crippen molar-refractivity contribution in [1.82, 2.24) is 0 Å². The summed E-state index contributed by atoms with van der Waals surface area (Å²) in [6.07, 6.45) is 0. The highest BCUT2D eigenvalue weighted by Crippen LogP contribution is 2.20. The van der Waals surface area contributed by atoms with E-state index in [1.165, 1.54) is 0 Å². The Morgan fingerprint density at radius 3 is 2.22 bits per heavy atom. The lowest BCUT2D eigenvalue weighted by Crippen LogP contribution is -2.14. The molecule has 1 atom stereocenters. The molecule has 0 aliphatic rings. The molecule has 5 heteroatoms. The van der Waals surface area contributed by atoms with Gasteiger partial charge in [-0.2, -0.15) is 8.57 Å². The minimum Gasteiger partial charge on any atom is -0.384 e. The van der Waals surface area contributed by atoms with E-state index < -0.39 is 0 Å². The Kier molecular flexibility index (Phi) is 7.87. The third-order valence-corrected chi connectivity index (χ3v) is 2.30. The van der Waals surface area contributed by atoms with Gasteiger partial charge in [0.05, 0.1) is 6.04 Å². The van der Waals surface area contributed by atoms with Gasteiger partial charge in [-0.05, 0) is 18.4 Å². The van der Waals surface area contributed by atoms with Crippen molar-refractivity contribution in [3.63, 3.8) is 0 Å². The molecule has 0 aliphatic heterocycles. The van der Waals surface area contributed by atoms with E-state index in [9.17, 15) is 4.21 Å². The van der Waals surface area contributed by atoms with E-state index in [0.717, 1.165) is 11.5 Å². The highest BCUT2D eigenvalue weighted by molar-refractivity contribution is 7.54. The Bertz CT molecular complexity index is 437. The number of hydrogen-bond acceptors (Lipinski definition) is 3. The second-order valence-electron chi connectivity index (χ2n) is 4.59. The minimum absolute atomic E-state index is 0.00134. The number of amidine groups is 1. The summed E-state index contributed by atoms with van der Waals surface area (Å²) in [7, 11) is 0. The molecule has 0 heterocycles. The SMILES string of the molecule is CC(C)C.C[C@H](N=S=O)c1ccccc1C(=N)N. The fourth-order valence-corrected chi connectivity index (χ4v) is 1.47. The summed E-state index contributed by atoms with van der Waals surface area (Å²) in [6.45, 7) is 8.30. The first-order valence-corrected chi connectivity index (χ1v) is 6.52. The average molecular weight is 267 g/mol. The molecule has 0 bridgehead atoms. The highest BCUT2D eigenvalue weighted by Gasteiger charge is 2.10. The number of rotatable bonds is 3. The summed E-state index contributed by atoms with van der Waals surface area (Å²) in [4.78, 5) is 0. The monoisotopic (exact) mass is 267 g/mol. The predicted molar refractivity (Wildman–Crippen MR) is 77.0 cm³/mol. The van der Waals surface area contributed by atoms with Crippen molar-refractivity contribution in [2.45, 2.75) is 33.7 Å². The van der Waals surface area contributed by atoms with Crippen LogP contribution in [-0.4, -0.2) is 10.0 Å². The first-order valence-electron chi connectivity index (χ1n) is 5.82. The van der Waals surface area contributed by atoms with Crippen molar-refractivity contribution < 1.29 is 4.21 Å². The Morgan fingerprint density at radius 2 is 1.78 bits per heavy atom. The average Bonchev–Trinajstić information content (AvgIpc) is 2.28. The molecule has 1 aromatic carbocycles. The van der Waals surface area contributed by atoms with E-state index in [1.807, 2.05) is 12.1 Å². The largest absolute Gasteiger partial charge is 0.384 e. The van der Waals surface area contributed by atoms with Gasteiger partial charge < -0.3 is 5.73 Å². The van der Waals surface area contributed by atoms with E-state index in [0.29, 0.717) is 5.56 Å². The number of benzene rings is 1. The predicted octanol–water partition coefficient (Wildman–Crippen LogP) is 3.09. The maximum Gasteiger partial charge on any atom is 0.200 e. The van der Waals surface area contributed by atoms with Crippen LogP contribution >= 0.6 is 0 Å². The molecule has 0 amide bonds.